The van der Waals surface area contributed by atoms with Crippen molar-refractivity contribution in [3.05, 3.63) is 60.7 Å². The molecule has 0 fully saturated rings. The van der Waals surface area contributed by atoms with E-state index in [4.69, 9.17) is 50.5 Å². The molecule has 1 heterocycles. The molecule has 15 heteroatoms. The second-order valence-electron chi connectivity index (χ2n) is 12.5. The summed E-state index contributed by atoms with van der Waals surface area (Å²) in [4.78, 5) is 8.57. The highest BCUT2D eigenvalue weighted by Gasteiger charge is 2.40. The SMILES string of the molecule is CCO[Si](CCCOc1ccc(-c2nc(-c3cc(OC)c(O)c(OC)c3)[nH]c2-c2ccc(OCCC[Si](OCC)(OCC)OCC)cc2)cc1)(OCC)OCC. The zero-order chi connectivity index (χ0) is 40.4. The molecule has 4 aromatic rings. The summed E-state index contributed by atoms with van der Waals surface area (Å²) in [6.07, 6.45) is 1.47. The van der Waals surface area contributed by atoms with Gasteiger partial charge in [-0.3, -0.25) is 0 Å². The van der Waals surface area contributed by atoms with Gasteiger partial charge in [-0.15, -0.1) is 0 Å². The Balaban J connectivity index is 1.55. The Hall–Kier alpha value is -3.94. The molecule has 308 valence electrons. The fourth-order valence-corrected chi connectivity index (χ4v) is 11.5. The Kier molecular flexibility index (Phi) is 18.2. The van der Waals surface area contributed by atoms with Gasteiger partial charge in [0.05, 0.1) is 38.8 Å². The van der Waals surface area contributed by atoms with Crippen molar-refractivity contribution in [2.45, 2.75) is 66.5 Å². The Labute approximate surface area is 334 Å². The average Bonchev–Trinajstić information content (AvgIpc) is 3.65. The quantitative estimate of drug-likeness (QED) is 0.0439. The van der Waals surface area contributed by atoms with E-state index >= 15 is 0 Å². The maximum atomic E-state index is 10.6. The molecule has 0 unspecified atom stereocenters. The molecule has 0 bridgehead atoms. The molecule has 0 aliphatic rings. The van der Waals surface area contributed by atoms with Gasteiger partial charge in [-0.05, 0) is 115 Å². The molecule has 0 atom stereocenters. The number of hydrogen-bond donors (Lipinski definition) is 2. The number of rotatable bonds is 27. The van der Waals surface area contributed by atoms with Crippen LogP contribution in [-0.4, -0.2) is 99.8 Å². The summed E-state index contributed by atoms with van der Waals surface area (Å²) >= 11 is 0. The number of ether oxygens (including phenoxy) is 4. The van der Waals surface area contributed by atoms with Gasteiger partial charge < -0.3 is 55.6 Å². The van der Waals surface area contributed by atoms with Crippen LogP contribution in [0.1, 0.15) is 54.4 Å². The molecular weight excluding hydrogens is 753 g/mol. The highest BCUT2D eigenvalue weighted by molar-refractivity contribution is 6.61. The average molecular weight is 813 g/mol. The van der Waals surface area contributed by atoms with Crippen molar-refractivity contribution in [3.8, 4) is 62.7 Å². The lowest BCUT2D eigenvalue weighted by Crippen LogP contribution is -2.46. The molecule has 1 aromatic heterocycles. The monoisotopic (exact) mass is 812 g/mol. The Morgan fingerprint density at radius 3 is 1.32 bits per heavy atom. The second-order valence-corrected chi connectivity index (χ2v) is 17.9. The Morgan fingerprint density at radius 2 is 0.946 bits per heavy atom. The van der Waals surface area contributed by atoms with Crippen LogP contribution in [0.4, 0.5) is 0 Å². The summed E-state index contributed by atoms with van der Waals surface area (Å²) in [6.45, 7) is 16.0. The van der Waals surface area contributed by atoms with Crippen LogP contribution in [-0.2, 0) is 26.6 Å². The first-order valence-electron chi connectivity index (χ1n) is 19.6. The summed E-state index contributed by atoms with van der Waals surface area (Å²) in [6, 6.07) is 20.5. The highest BCUT2D eigenvalue weighted by atomic mass is 28.4. The predicted molar refractivity (Wildman–Crippen MR) is 221 cm³/mol. The summed E-state index contributed by atoms with van der Waals surface area (Å²) in [5.41, 5.74) is 4.01. The summed E-state index contributed by atoms with van der Waals surface area (Å²) in [7, 11) is -2.48. The number of phenolic OH excluding ortho intramolecular Hbond substituents is 1. The maximum absolute atomic E-state index is 10.6. The number of methoxy groups -OCH3 is 2. The molecule has 4 rings (SSSR count). The lowest BCUT2D eigenvalue weighted by molar-refractivity contribution is 0.0689. The molecule has 0 saturated heterocycles. The number of aromatic hydroxyl groups is 1. The van der Waals surface area contributed by atoms with Gasteiger partial charge in [0.2, 0.25) is 5.75 Å². The van der Waals surface area contributed by atoms with Crippen LogP contribution in [0.2, 0.25) is 12.1 Å². The van der Waals surface area contributed by atoms with E-state index in [1.54, 1.807) is 12.1 Å². The minimum Gasteiger partial charge on any atom is -0.502 e. The topological polar surface area (TPSA) is 141 Å². The smallest absolute Gasteiger partial charge is 0.501 e. The third-order valence-electron chi connectivity index (χ3n) is 8.71. The molecule has 3 aromatic carbocycles. The van der Waals surface area contributed by atoms with Gasteiger partial charge in [0.15, 0.2) is 11.5 Å². The van der Waals surface area contributed by atoms with E-state index < -0.39 is 17.6 Å². The molecule has 0 aliphatic carbocycles. The maximum Gasteiger partial charge on any atom is 0.501 e. The molecule has 0 aliphatic heterocycles. The highest BCUT2D eigenvalue weighted by Crippen LogP contribution is 2.41. The van der Waals surface area contributed by atoms with Gasteiger partial charge in [0.1, 0.15) is 17.3 Å². The van der Waals surface area contributed by atoms with Crippen LogP contribution in [0.5, 0.6) is 28.7 Å². The molecule has 0 spiro atoms. The van der Waals surface area contributed by atoms with Crippen LogP contribution in [0.15, 0.2) is 60.7 Å². The zero-order valence-electron chi connectivity index (χ0n) is 34.2. The third-order valence-corrected chi connectivity index (χ3v) is 15.0. The van der Waals surface area contributed by atoms with Crippen molar-refractivity contribution >= 4 is 17.6 Å². The van der Waals surface area contributed by atoms with Crippen molar-refractivity contribution in [2.24, 2.45) is 0 Å². The molecule has 0 radical (unpaired) electrons. The third kappa shape index (κ3) is 12.0. The standard InChI is InChI=1S/C41H60N2O11Si2/c1-9-49-55(50-10-2,51-11-3)27-15-25-47-34-21-17-31(18-22-34)38-39(43-41(42-38)33-29-36(45-7)40(44)37(30-33)46-8)32-19-23-35(24-20-32)48-26-16-28-56(52-12-4,53-13-5)54-14-6/h17-24,29-30,44H,9-16,25-28H2,1-8H3,(H,42,43). The fraction of sp³-hybridized carbons (Fsp3) is 0.488. The van der Waals surface area contributed by atoms with Crippen LogP contribution < -0.4 is 18.9 Å². The summed E-state index contributed by atoms with van der Waals surface area (Å²) < 4.78 is 59.1. The van der Waals surface area contributed by atoms with Gasteiger partial charge in [0.25, 0.3) is 0 Å². The van der Waals surface area contributed by atoms with Gasteiger partial charge >= 0.3 is 17.6 Å². The van der Waals surface area contributed by atoms with Gasteiger partial charge in [0, 0.05) is 68.4 Å². The molecular formula is C41H60N2O11Si2. The Morgan fingerprint density at radius 1 is 0.554 bits per heavy atom. The molecule has 0 amide bonds. The predicted octanol–water partition coefficient (Wildman–Crippen LogP) is 8.77. The number of phenols is 1. The van der Waals surface area contributed by atoms with Crippen molar-refractivity contribution in [2.75, 3.05) is 67.1 Å². The van der Waals surface area contributed by atoms with E-state index in [0.717, 1.165) is 46.9 Å². The molecule has 13 nitrogen and oxygen atoms in total. The second kappa shape index (κ2) is 22.7. The first-order chi connectivity index (χ1) is 27.2. The minimum atomic E-state index is -2.74. The first kappa shape index (κ1) is 44.8. The first-order valence-corrected chi connectivity index (χ1v) is 23.4. The lowest BCUT2D eigenvalue weighted by Gasteiger charge is -2.28. The van der Waals surface area contributed by atoms with E-state index in [2.05, 4.69) is 4.98 Å². The van der Waals surface area contributed by atoms with Crippen molar-refractivity contribution in [1.82, 2.24) is 9.97 Å². The Bertz CT molecular complexity index is 1580. The number of imidazole rings is 1. The number of hydrogen-bond acceptors (Lipinski definition) is 12. The van der Waals surface area contributed by atoms with E-state index in [-0.39, 0.29) is 17.2 Å². The number of nitrogens with zero attached hydrogens (tertiary/aromatic N) is 1. The number of H-pyrrole nitrogens is 1. The number of aromatic amines is 1. The fourth-order valence-electron chi connectivity index (χ4n) is 6.34. The molecule has 56 heavy (non-hydrogen) atoms. The van der Waals surface area contributed by atoms with E-state index in [0.29, 0.717) is 76.3 Å². The minimum absolute atomic E-state index is 0.0830. The largest absolute Gasteiger partial charge is 0.502 e. The van der Waals surface area contributed by atoms with E-state index in [9.17, 15) is 5.11 Å². The summed E-state index contributed by atoms with van der Waals surface area (Å²) in [5, 5.41) is 10.6. The van der Waals surface area contributed by atoms with Crippen LogP contribution in [0.3, 0.4) is 0 Å². The van der Waals surface area contributed by atoms with Gasteiger partial charge in [-0.2, -0.15) is 0 Å². The van der Waals surface area contributed by atoms with Gasteiger partial charge in [-0.1, -0.05) is 0 Å². The number of aromatic nitrogens is 2. The van der Waals surface area contributed by atoms with Crippen molar-refractivity contribution in [1.29, 1.82) is 0 Å². The van der Waals surface area contributed by atoms with E-state index in [1.807, 2.05) is 90.1 Å². The van der Waals surface area contributed by atoms with Crippen molar-refractivity contribution < 1.29 is 50.6 Å². The van der Waals surface area contributed by atoms with Crippen LogP contribution in [0, 0.1) is 0 Å². The number of nitrogens with one attached hydrogen (secondary N) is 1. The summed E-state index contributed by atoms with van der Waals surface area (Å²) in [5.74, 6) is 2.51. The lowest BCUT2D eigenvalue weighted by atomic mass is 10.0. The van der Waals surface area contributed by atoms with Gasteiger partial charge in [-0.25, -0.2) is 4.98 Å². The van der Waals surface area contributed by atoms with E-state index in [1.165, 1.54) is 14.2 Å². The van der Waals surface area contributed by atoms with Crippen LogP contribution >= 0.6 is 0 Å². The zero-order valence-corrected chi connectivity index (χ0v) is 36.2. The normalized spacial score (nSPS) is 11.9. The number of benzene rings is 3. The molecule has 0 saturated carbocycles. The molecule has 2 N–H and O–H groups in total. The van der Waals surface area contributed by atoms with Crippen LogP contribution in [0.25, 0.3) is 33.9 Å². The van der Waals surface area contributed by atoms with Crippen molar-refractivity contribution in [3.63, 3.8) is 0 Å².